The Labute approximate surface area is 234 Å². The Balaban J connectivity index is 1.16. The molecule has 3 aliphatic rings. The van der Waals surface area contributed by atoms with Crippen molar-refractivity contribution in [3.05, 3.63) is 100 Å². The molecule has 3 aromatic rings. The highest BCUT2D eigenvalue weighted by molar-refractivity contribution is 6.31. The highest BCUT2D eigenvalue weighted by Gasteiger charge is 2.61. The molecule has 3 aromatic carbocycles. The van der Waals surface area contributed by atoms with Gasteiger partial charge >= 0.3 is 0 Å². The molecule has 1 N–H and O–H groups in total. The normalized spacial score (nSPS) is 28.0. The highest BCUT2D eigenvalue weighted by atomic mass is 35.5. The van der Waals surface area contributed by atoms with Crippen molar-refractivity contribution < 1.29 is 28.8 Å². The van der Waals surface area contributed by atoms with Crippen LogP contribution in [0.5, 0.6) is 5.75 Å². The minimum absolute atomic E-state index is 0.0909. The third-order valence-electron chi connectivity index (χ3n) is 7.83. The van der Waals surface area contributed by atoms with Crippen molar-refractivity contribution in [3.8, 4) is 5.75 Å². The summed E-state index contributed by atoms with van der Waals surface area (Å²) in [5.41, 5.74) is 3.98. The maximum atomic E-state index is 11.2. The van der Waals surface area contributed by atoms with Crippen LogP contribution in [0.15, 0.2) is 72.8 Å². The van der Waals surface area contributed by atoms with Crippen molar-refractivity contribution in [3.63, 3.8) is 0 Å². The van der Waals surface area contributed by atoms with Crippen molar-refractivity contribution in [1.82, 2.24) is 0 Å². The van der Waals surface area contributed by atoms with Crippen LogP contribution in [0, 0.1) is 5.92 Å². The van der Waals surface area contributed by atoms with E-state index in [4.69, 9.17) is 35.3 Å². The summed E-state index contributed by atoms with van der Waals surface area (Å²) in [4.78, 5) is 0. The van der Waals surface area contributed by atoms with E-state index >= 15 is 0 Å². The molecule has 6 rings (SSSR count). The number of hydrogen-bond acceptors (Lipinski definition) is 6. The van der Waals surface area contributed by atoms with Crippen molar-refractivity contribution in [2.75, 3.05) is 19.8 Å². The van der Waals surface area contributed by atoms with Crippen LogP contribution in [0.3, 0.4) is 0 Å². The molecule has 7 heteroatoms. The maximum Gasteiger partial charge on any atom is 0.203 e. The molecule has 0 aromatic heterocycles. The molecule has 206 valence electrons. The number of benzene rings is 3. The number of rotatable bonds is 11. The molecule has 0 spiro atoms. The van der Waals surface area contributed by atoms with E-state index in [1.165, 1.54) is 12.8 Å². The van der Waals surface area contributed by atoms with Gasteiger partial charge in [-0.05, 0) is 60.2 Å². The molecule has 2 bridgehead atoms. The second-order valence-corrected chi connectivity index (χ2v) is 11.3. The zero-order valence-corrected chi connectivity index (χ0v) is 22.9. The Morgan fingerprint density at radius 2 is 1.74 bits per heavy atom. The molecular formula is C32H35ClO6. The third kappa shape index (κ3) is 6.02. The first-order valence-electron chi connectivity index (χ1n) is 13.8. The molecule has 1 aliphatic carbocycles. The van der Waals surface area contributed by atoms with Crippen LogP contribution in [-0.4, -0.2) is 42.9 Å². The molecular weight excluding hydrogens is 516 g/mol. The first-order valence-corrected chi connectivity index (χ1v) is 14.1. The smallest absolute Gasteiger partial charge is 0.203 e. The van der Waals surface area contributed by atoms with E-state index in [-0.39, 0.29) is 18.6 Å². The quantitative estimate of drug-likeness (QED) is 0.295. The van der Waals surface area contributed by atoms with Gasteiger partial charge in [0.2, 0.25) is 5.79 Å². The SMILES string of the molecule is CC1C(OCc2ccccc2)CC2(O)COC1(c1ccc(Cl)c(Cc3ccc(OCCOC4CC4)cc3)c1)O2. The van der Waals surface area contributed by atoms with E-state index in [0.717, 1.165) is 28.0 Å². The van der Waals surface area contributed by atoms with Crippen molar-refractivity contribution in [1.29, 1.82) is 0 Å². The Morgan fingerprint density at radius 3 is 2.51 bits per heavy atom. The van der Waals surface area contributed by atoms with Crippen LogP contribution in [0.1, 0.15) is 48.4 Å². The average molecular weight is 551 g/mol. The fourth-order valence-electron chi connectivity index (χ4n) is 5.47. The first kappa shape index (κ1) is 26.8. The van der Waals surface area contributed by atoms with E-state index in [9.17, 15) is 5.11 Å². The van der Waals surface area contributed by atoms with Gasteiger partial charge in [0.25, 0.3) is 0 Å². The summed E-state index contributed by atoms with van der Waals surface area (Å²) in [6, 6.07) is 23.9. The predicted molar refractivity (Wildman–Crippen MR) is 148 cm³/mol. The van der Waals surface area contributed by atoms with Gasteiger partial charge in [-0.2, -0.15) is 0 Å². The molecule has 2 heterocycles. The lowest BCUT2D eigenvalue weighted by Gasteiger charge is -2.44. The zero-order valence-electron chi connectivity index (χ0n) is 22.2. The van der Waals surface area contributed by atoms with Crippen LogP contribution in [0.25, 0.3) is 0 Å². The van der Waals surface area contributed by atoms with Crippen LogP contribution in [0.4, 0.5) is 0 Å². The average Bonchev–Trinajstić information content (AvgIpc) is 3.73. The van der Waals surface area contributed by atoms with Crippen molar-refractivity contribution in [2.45, 2.75) is 63.0 Å². The molecule has 0 radical (unpaired) electrons. The number of fused-ring (bicyclic) bond motifs is 2. The Hall–Kier alpha value is -2.45. The molecule has 4 unspecified atom stereocenters. The monoisotopic (exact) mass is 550 g/mol. The molecule has 39 heavy (non-hydrogen) atoms. The first-order chi connectivity index (χ1) is 18.9. The van der Waals surface area contributed by atoms with Crippen molar-refractivity contribution in [2.24, 2.45) is 5.92 Å². The van der Waals surface area contributed by atoms with E-state index in [0.29, 0.717) is 43.8 Å². The Bertz CT molecular complexity index is 1260. The van der Waals surface area contributed by atoms with E-state index < -0.39 is 11.6 Å². The molecule has 4 atom stereocenters. The number of halogens is 1. The number of aliphatic hydroxyl groups is 1. The van der Waals surface area contributed by atoms with Gasteiger partial charge in [0.05, 0.1) is 25.4 Å². The number of hydrogen-bond donors (Lipinski definition) is 1. The minimum Gasteiger partial charge on any atom is -0.491 e. The molecule has 0 amide bonds. The topological polar surface area (TPSA) is 66.4 Å². The van der Waals surface area contributed by atoms with Crippen LogP contribution < -0.4 is 4.74 Å². The van der Waals surface area contributed by atoms with E-state index in [2.05, 4.69) is 19.1 Å². The van der Waals surface area contributed by atoms with Gasteiger partial charge in [-0.1, -0.05) is 67.1 Å². The van der Waals surface area contributed by atoms with Gasteiger partial charge in [0.15, 0.2) is 5.79 Å². The van der Waals surface area contributed by atoms with Crippen LogP contribution in [0.2, 0.25) is 5.02 Å². The van der Waals surface area contributed by atoms with Gasteiger partial charge in [-0.25, -0.2) is 0 Å². The van der Waals surface area contributed by atoms with Gasteiger partial charge < -0.3 is 28.8 Å². The van der Waals surface area contributed by atoms with Crippen LogP contribution >= 0.6 is 11.6 Å². The van der Waals surface area contributed by atoms with Gasteiger partial charge in [0, 0.05) is 22.9 Å². The second kappa shape index (κ2) is 11.2. The Kier molecular flexibility index (Phi) is 7.68. The zero-order chi connectivity index (χ0) is 26.9. The highest BCUT2D eigenvalue weighted by Crippen LogP contribution is 2.52. The summed E-state index contributed by atoms with van der Waals surface area (Å²) in [6.45, 7) is 3.77. The fraction of sp³-hybridized carbons (Fsp3) is 0.438. The lowest BCUT2D eigenvalue weighted by molar-refractivity contribution is -0.327. The van der Waals surface area contributed by atoms with Gasteiger partial charge in [-0.15, -0.1) is 0 Å². The van der Waals surface area contributed by atoms with Gasteiger partial charge in [0.1, 0.15) is 19.0 Å². The standard InChI is InChI=1S/C32H35ClO6/c1-22-30(37-20-24-5-3-2-4-6-24)19-31(34)21-38-32(22,39-31)26-9-14-29(33)25(18-26)17-23-7-10-27(11-8-23)35-15-16-36-28-12-13-28/h2-11,14,18,22,28,30,34H,12-13,15-17,19-21H2,1H3. The molecule has 2 aliphatic heterocycles. The molecule has 2 saturated heterocycles. The van der Waals surface area contributed by atoms with Crippen molar-refractivity contribution >= 4 is 11.6 Å². The lowest BCUT2D eigenvalue weighted by atomic mass is 9.83. The summed E-state index contributed by atoms with van der Waals surface area (Å²) in [6.07, 6.45) is 3.52. The summed E-state index contributed by atoms with van der Waals surface area (Å²) in [5, 5.41) is 11.8. The molecule has 6 nitrogen and oxygen atoms in total. The fourth-order valence-corrected chi connectivity index (χ4v) is 5.65. The summed E-state index contributed by atoms with van der Waals surface area (Å²) >= 11 is 6.65. The lowest BCUT2D eigenvalue weighted by Crippen LogP contribution is -2.52. The molecule has 1 saturated carbocycles. The summed E-state index contributed by atoms with van der Waals surface area (Å²) in [5.74, 6) is -1.85. The molecule has 3 fully saturated rings. The second-order valence-electron chi connectivity index (χ2n) is 10.9. The summed E-state index contributed by atoms with van der Waals surface area (Å²) < 4.78 is 30.3. The van der Waals surface area contributed by atoms with E-state index in [1.54, 1.807) is 0 Å². The third-order valence-corrected chi connectivity index (χ3v) is 8.20. The number of ether oxygens (including phenoxy) is 5. The van der Waals surface area contributed by atoms with E-state index in [1.807, 2.05) is 60.7 Å². The van der Waals surface area contributed by atoms with Crippen LogP contribution in [-0.2, 0) is 37.8 Å². The largest absolute Gasteiger partial charge is 0.491 e. The maximum absolute atomic E-state index is 11.2. The Morgan fingerprint density at radius 1 is 0.949 bits per heavy atom. The predicted octanol–water partition coefficient (Wildman–Crippen LogP) is 6.00. The van der Waals surface area contributed by atoms with Gasteiger partial charge in [-0.3, -0.25) is 0 Å². The summed E-state index contributed by atoms with van der Waals surface area (Å²) in [7, 11) is 0. The minimum atomic E-state index is -1.40.